The Morgan fingerprint density at radius 2 is 1.89 bits per heavy atom. The first-order valence-electron chi connectivity index (χ1n) is 6.05. The quantitative estimate of drug-likeness (QED) is 0.578. The first kappa shape index (κ1) is 15.2. The fraction of sp³-hybridized carbons (Fsp3) is 0.538. The molecule has 0 amide bonds. The molecule has 0 saturated carbocycles. The van der Waals surface area contributed by atoms with E-state index >= 15 is 0 Å². The molecule has 0 radical (unpaired) electrons. The van der Waals surface area contributed by atoms with E-state index in [9.17, 15) is 0 Å². The molecule has 1 rings (SSSR count). The number of rotatable bonds is 6. The number of benzene rings is 1. The molecule has 2 N–H and O–H groups in total. The number of hydrogen-bond donors (Lipinski definition) is 2. The van der Waals surface area contributed by atoms with Crippen LogP contribution in [0.4, 0.5) is 0 Å². The number of hydrogen-bond acceptors (Lipinski definition) is 4. The van der Waals surface area contributed by atoms with E-state index in [1.54, 1.807) is 18.2 Å². The fourth-order valence-electron chi connectivity index (χ4n) is 1.44. The SMILES string of the molecule is CC(C)(C)OCCOCc1cccc(B(O)O)c1. The van der Waals surface area contributed by atoms with E-state index < -0.39 is 7.12 Å². The van der Waals surface area contributed by atoms with Gasteiger partial charge < -0.3 is 19.5 Å². The third-order valence-corrected chi connectivity index (χ3v) is 2.28. The maximum atomic E-state index is 9.04. The van der Waals surface area contributed by atoms with Crippen LogP contribution in [0.3, 0.4) is 0 Å². The second-order valence-electron chi connectivity index (χ2n) is 5.13. The largest absolute Gasteiger partial charge is 0.488 e. The Kier molecular flexibility index (Phi) is 5.82. The summed E-state index contributed by atoms with van der Waals surface area (Å²) in [7, 11) is -1.44. The molecular weight excluding hydrogens is 231 g/mol. The second kappa shape index (κ2) is 6.90. The maximum Gasteiger partial charge on any atom is 0.488 e. The van der Waals surface area contributed by atoms with Gasteiger partial charge in [0.1, 0.15) is 0 Å². The predicted octanol–water partition coefficient (Wildman–Crippen LogP) is 0.698. The van der Waals surface area contributed by atoms with Crippen LogP contribution in [-0.2, 0) is 16.1 Å². The molecule has 5 heteroatoms. The molecule has 0 aliphatic heterocycles. The summed E-state index contributed by atoms with van der Waals surface area (Å²) in [6.45, 7) is 7.50. The van der Waals surface area contributed by atoms with Gasteiger partial charge in [-0.05, 0) is 31.8 Å². The zero-order valence-corrected chi connectivity index (χ0v) is 11.2. The summed E-state index contributed by atoms with van der Waals surface area (Å²) in [6, 6.07) is 7.04. The summed E-state index contributed by atoms with van der Waals surface area (Å²) >= 11 is 0. The third kappa shape index (κ3) is 6.16. The van der Waals surface area contributed by atoms with E-state index in [0.717, 1.165) is 5.56 Å². The number of ether oxygens (including phenoxy) is 2. The Balaban J connectivity index is 2.29. The van der Waals surface area contributed by atoms with Crippen molar-refractivity contribution in [1.29, 1.82) is 0 Å². The van der Waals surface area contributed by atoms with Crippen molar-refractivity contribution in [2.45, 2.75) is 33.0 Å². The molecule has 0 aromatic heterocycles. The first-order valence-corrected chi connectivity index (χ1v) is 6.05. The molecular formula is C13H21BO4. The monoisotopic (exact) mass is 252 g/mol. The molecule has 0 saturated heterocycles. The zero-order valence-electron chi connectivity index (χ0n) is 11.2. The smallest absolute Gasteiger partial charge is 0.423 e. The van der Waals surface area contributed by atoms with Crippen LogP contribution in [0.1, 0.15) is 26.3 Å². The van der Waals surface area contributed by atoms with Crippen LogP contribution in [0, 0.1) is 0 Å². The van der Waals surface area contributed by atoms with Crippen molar-refractivity contribution in [3.63, 3.8) is 0 Å². The molecule has 0 atom stereocenters. The lowest BCUT2D eigenvalue weighted by Crippen LogP contribution is -2.29. The molecule has 1 aromatic carbocycles. The van der Waals surface area contributed by atoms with Gasteiger partial charge in [-0.2, -0.15) is 0 Å². The lowest BCUT2D eigenvalue weighted by Gasteiger charge is -2.19. The molecule has 4 nitrogen and oxygen atoms in total. The van der Waals surface area contributed by atoms with Crippen molar-refractivity contribution in [3.05, 3.63) is 29.8 Å². The summed E-state index contributed by atoms with van der Waals surface area (Å²) < 4.78 is 11.0. The summed E-state index contributed by atoms with van der Waals surface area (Å²) in [5, 5.41) is 18.1. The van der Waals surface area contributed by atoms with E-state index in [-0.39, 0.29) is 5.60 Å². The standard InChI is InChI=1S/C13H21BO4/c1-13(2,3)18-8-7-17-10-11-5-4-6-12(9-11)14(15)16/h4-6,9,15-16H,7-8,10H2,1-3H3. The van der Waals surface area contributed by atoms with Crippen molar-refractivity contribution in [2.24, 2.45) is 0 Å². The van der Waals surface area contributed by atoms with E-state index in [4.69, 9.17) is 19.5 Å². The van der Waals surface area contributed by atoms with Gasteiger partial charge in [-0.15, -0.1) is 0 Å². The minimum atomic E-state index is -1.44. The highest BCUT2D eigenvalue weighted by Gasteiger charge is 2.11. The minimum absolute atomic E-state index is 0.149. The van der Waals surface area contributed by atoms with Gasteiger partial charge in [-0.3, -0.25) is 0 Å². The van der Waals surface area contributed by atoms with Gasteiger partial charge in [-0.1, -0.05) is 24.3 Å². The van der Waals surface area contributed by atoms with Gasteiger partial charge in [0.15, 0.2) is 0 Å². The van der Waals surface area contributed by atoms with Gasteiger partial charge in [0.2, 0.25) is 0 Å². The van der Waals surface area contributed by atoms with E-state index in [1.807, 2.05) is 26.8 Å². The summed E-state index contributed by atoms with van der Waals surface area (Å²) in [4.78, 5) is 0. The maximum absolute atomic E-state index is 9.04. The lowest BCUT2D eigenvalue weighted by atomic mass is 9.80. The minimum Gasteiger partial charge on any atom is -0.423 e. The summed E-state index contributed by atoms with van der Waals surface area (Å²) in [5.41, 5.74) is 1.24. The van der Waals surface area contributed by atoms with Crippen molar-refractivity contribution in [3.8, 4) is 0 Å². The average Bonchev–Trinajstić information content (AvgIpc) is 2.27. The van der Waals surface area contributed by atoms with Crippen molar-refractivity contribution < 1.29 is 19.5 Å². The van der Waals surface area contributed by atoms with Crippen molar-refractivity contribution in [1.82, 2.24) is 0 Å². The van der Waals surface area contributed by atoms with E-state index in [0.29, 0.717) is 25.3 Å². The van der Waals surface area contributed by atoms with Crippen LogP contribution < -0.4 is 5.46 Å². The molecule has 100 valence electrons. The second-order valence-corrected chi connectivity index (χ2v) is 5.13. The highest BCUT2D eigenvalue weighted by Crippen LogP contribution is 2.06. The lowest BCUT2D eigenvalue weighted by molar-refractivity contribution is -0.0376. The van der Waals surface area contributed by atoms with Crippen LogP contribution in [-0.4, -0.2) is 36.0 Å². The highest BCUT2D eigenvalue weighted by molar-refractivity contribution is 6.58. The Morgan fingerprint density at radius 1 is 1.17 bits per heavy atom. The first-order chi connectivity index (χ1) is 8.38. The van der Waals surface area contributed by atoms with Crippen LogP contribution in [0.2, 0.25) is 0 Å². The molecule has 1 aromatic rings. The van der Waals surface area contributed by atoms with Crippen LogP contribution in [0.25, 0.3) is 0 Å². The summed E-state index contributed by atoms with van der Waals surface area (Å²) in [6.07, 6.45) is 0. The third-order valence-electron chi connectivity index (χ3n) is 2.28. The van der Waals surface area contributed by atoms with E-state index in [2.05, 4.69) is 0 Å². The Bertz CT molecular complexity index is 360. The molecule has 0 fully saturated rings. The molecule has 0 aliphatic carbocycles. The van der Waals surface area contributed by atoms with Gasteiger partial charge in [-0.25, -0.2) is 0 Å². The van der Waals surface area contributed by atoms with Gasteiger partial charge >= 0.3 is 7.12 Å². The average molecular weight is 252 g/mol. The molecule has 0 unspecified atom stereocenters. The van der Waals surface area contributed by atoms with Crippen LogP contribution in [0.5, 0.6) is 0 Å². The molecule has 0 spiro atoms. The van der Waals surface area contributed by atoms with Gasteiger partial charge in [0.05, 0.1) is 25.4 Å². The Hall–Kier alpha value is -0.875. The molecule has 0 bridgehead atoms. The molecule has 0 aliphatic rings. The fourth-order valence-corrected chi connectivity index (χ4v) is 1.44. The zero-order chi connectivity index (χ0) is 13.6. The van der Waals surface area contributed by atoms with Gasteiger partial charge in [0, 0.05) is 0 Å². The Labute approximate surface area is 109 Å². The highest BCUT2D eigenvalue weighted by atomic mass is 16.5. The van der Waals surface area contributed by atoms with Crippen molar-refractivity contribution >= 4 is 12.6 Å². The predicted molar refractivity (Wildman–Crippen MR) is 71.6 cm³/mol. The van der Waals surface area contributed by atoms with E-state index in [1.165, 1.54) is 0 Å². The van der Waals surface area contributed by atoms with Crippen molar-refractivity contribution in [2.75, 3.05) is 13.2 Å². The Morgan fingerprint density at radius 3 is 2.50 bits per heavy atom. The normalized spacial score (nSPS) is 11.6. The topological polar surface area (TPSA) is 58.9 Å². The van der Waals surface area contributed by atoms with Gasteiger partial charge in [0.25, 0.3) is 0 Å². The molecule has 18 heavy (non-hydrogen) atoms. The van der Waals surface area contributed by atoms with Crippen LogP contribution in [0.15, 0.2) is 24.3 Å². The van der Waals surface area contributed by atoms with Crippen LogP contribution >= 0.6 is 0 Å². The molecule has 0 heterocycles. The summed E-state index contributed by atoms with van der Waals surface area (Å²) in [5.74, 6) is 0.